The number of ether oxygens (including phenoxy) is 1. The third-order valence-electron chi connectivity index (χ3n) is 4.62. The van der Waals surface area contributed by atoms with Crippen LogP contribution >= 0.6 is 0 Å². The highest BCUT2D eigenvalue weighted by molar-refractivity contribution is 6.05. The Hall–Kier alpha value is -4.32. The fourth-order valence-electron chi connectivity index (χ4n) is 3.03. The molecule has 1 aromatic heterocycles. The molecular formula is C25H18N2O4. The highest BCUT2D eigenvalue weighted by Gasteiger charge is 2.14. The van der Waals surface area contributed by atoms with E-state index in [2.05, 4.69) is 10.3 Å². The summed E-state index contributed by atoms with van der Waals surface area (Å²) in [6, 6.07) is 26.0. The Morgan fingerprint density at radius 2 is 1.52 bits per heavy atom. The van der Waals surface area contributed by atoms with Gasteiger partial charge in [-0.1, -0.05) is 54.6 Å². The van der Waals surface area contributed by atoms with Gasteiger partial charge in [0.1, 0.15) is 5.69 Å². The fraction of sp³-hybridized carbons (Fsp3) is 0.0400. The molecule has 0 unspecified atom stereocenters. The Morgan fingerprint density at radius 1 is 0.774 bits per heavy atom. The zero-order chi connectivity index (χ0) is 21.6. The van der Waals surface area contributed by atoms with Crippen molar-refractivity contribution in [3.8, 4) is 0 Å². The van der Waals surface area contributed by atoms with E-state index in [1.165, 1.54) is 0 Å². The van der Waals surface area contributed by atoms with Gasteiger partial charge in [0.2, 0.25) is 0 Å². The first-order chi connectivity index (χ1) is 15.1. The second kappa shape index (κ2) is 9.00. The quantitative estimate of drug-likeness (QED) is 0.373. The van der Waals surface area contributed by atoms with E-state index in [-0.39, 0.29) is 17.4 Å². The van der Waals surface area contributed by atoms with Gasteiger partial charge in [-0.15, -0.1) is 0 Å². The number of fused-ring (bicyclic) bond motifs is 1. The number of carbonyl (C=O) groups is 3. The van der Waals surface area contributed by atoms with Crippen LogP contribution in [0.1, 0.15) is 31.2 Å². The Labute approximate surface area is 178 Å². The molecule has 0 fully saturated rings. The van der Waals surface area contributed by atoms with Gasteiger partial charge in [-0.05, 0) is 36.4 Å². The normalized spacial score (nSPS) is 10.5. The molecule has 4 aromatic rings. The number of hydrogen-bond acceptors (Lipinski definition) is 5. The summed E-state index contributed by atoms with van der Waals surface area (Å²) in [5, 5.41) is 3.66. The van der Waals surface area contributed by atoms with Crippen molar-refractivity contribution in [3.05, 3.63) is 108 Å². The number of nitrogens with one attached hydrogen (secondary N) is 1. The minimum atomic E-state index is -0.673. The van der Waals surface area contributed by atoms with Crippen LogP contribution in [0, 0.1) is 0 Å². The molecule has 1 amide bonds. The second-order valence-corrected chi connectivity index (χ2v) is 6.79. The van der Waals surface area contributed by atoms with Crippen molar-refractivity contribution < 1.29 is 19.1 Å². The van der Waals surface area contributed by atoms with Crippen molar-refractivity contribution in [3.63, 3.8) is 0 Å². The van der Waals surface area contributed by atoms with Crippen molar-refractivity contribution in [2.45, 2.75) is 0 Å². The van der Waals surface area contributed by atoms with E-state index in [1.807, 2.05) is 24.3 Å². The Morgan fingerprint density at radius 3 is 2.35 bits per heavy atom. The highest BCUT2D eigenvalue weighted by atomic mass is 16.5. The molecule has 1 heterocycles. The molecule has 0 atom stereocenters. The van der Waals surface area contributed by atoms with Crippen molar-refractivity contribution >= 4 is 34.3 Å². The number of anilines is 1. The summed E-state index contributed by atoms with van der Waals surface area (Å²) in [6.45, 7) is -0.427. The molecule has 3 aromatic carbocycles. The summed E-state index contributed by atoms with van der Waals surface area (Å²) in [5.74, 6) is -1.34. The number of carbonyl (C=O) groups excluding carboxylic acids is 3. The number of rotatable bonds is 6. The van der Waals surface area contributed by atoms with Gasteiger partial charge in [0.25, 0.3) is 5.91 Å². The number of nitrogens with zero attached hydrogens (tertiary/aromatic N) is 1. The molecule has 0 bridgehead atoms. The minimum Gasteiger partial charge on any atom is -0.453 e. The number of Topliss-reactive ketones (excluding diaryl/α,β-unsaturated/α-hetero) is 1. The fourth-order valence-corrected chi connectivity index (χ4v) is 3.03. The second-order valence-electron chi connectivity index (χ2n) is 6.79. The number of para-hydroxylation sites is 1. The molecule has 0 aliphatic carbocycles. The number of esters is 1. The number of hydrogen-bond donors (Lipinski definition) is 1. The number of ketones is 1. The lowest BCUT2D eigenvalue weighted by molar-refractivity contribution is 0.0469. The average molecular weight is 410 g/mol. The summed E-state index contributed by atoms with van der Waals surface area (Å²) in [6.07, 6.45) is 0. The van der Waals surface area contributed by atoms with E-state index < -0.39 is 12.6 Å². The molecule has 4 rings (SSSR count). The Kier molecular flexibility index (Phi) is 5.80. The first-order valence-electron chi connectivity index (χ1n) is 9.63. The van der Waals surface area contributed by atoms with Crippen LogP contribution in [0.15, 0.2) is 91.0 Å². The summed E-state index contributed by atoms with van der Waals surface area (Å²) >= 11 is 0. The third kappa shape index (κ3) is 4.82. The van der Waals surface area contributed by atoms with Crippen LogP contribution in [0.25, 0.3) is 10.9 Å². The van der Waals surface area contributed by atoms with Crippen molar-refractivity contribution in [2.24, 2.45) is 0 Å². The largest absolute Gasteiger partial charge is 0.453 e. The molecular weight excluding hydrogens is 392 g/mol. The van der Waals surface area contributed by atoms with Gasteiger partial charge in [-0.2, -0.15) is 0 Å². The van der Waals surface area contributed by atoms with Gasteiger partial charge in [-0.3, -0.25) is 9.59 Å². The van der Waals surface area contributed by atoms with Crippen LogP contribution in [-0.4, -0.2) is 29.3 Å². The van der Waals surface area contributed by atoms with Gasteiger partial charge in [-0.25, -0.2) is 9.78 Å². The van der Waals surface area contributed by atoms with Gasteiger partial charge in [0.05, 0.1) is 5.52 Å². The molecule has 0 spiro atoms. The maximum Gasteiger partial charge on any atom is 0.357 e. The standard InChI is InChI=1S/C25H18N2O4/c28-23(16-31-25(30)22-14-13-17-7-4-5-12-21(17)27-22)19-10-6-11-20(15-19)26-24(29)18-8-2-1-3-9-18/h1-15H,16H2,(H,26,29). The monoisotopic (exact) mass is 410 g/mol. The van der Waals surface area contributed by atoms with Gasteiger partial charge in [0.15, 0.2) is 12.4 Å². The molecule has 6 nitrogen and oxygen atoms in total. The van der Waals surface area contributed by atoms with E-state index in [0.717, 1.165) is 5.39 Å². The van der Waals surface area contributed by atoms with E-state index in [9.17, 15) is 14.4 Å². The summed E-state index contributed by atoms with van der Waals surface area (Å²) in [7, 11) is 0. The van der Waals surface area contributed by atoms with Crippen LogP contribution < -0.4 is 5.32 Å². The first kappa shape index (κ1) is 20.0. The molecule has 0 radical (unpaired) electrons. The zero-order valence-electron chi connectivity index (χ0n) is 16.4. The summed E-state index contributed by atoms with van der Waals surface area (Å²) in [5.41, 5.74) is 2.11. The molecule has 0 saturated carbocycles. The van der Waals surface area contributed by atoms with Gasteiger partial charge in [0, 0.05) is 22.2 Å². The number of aromatic nitrogens is 1. The van der Waals surface area contributed by atoms with E-state index >= 15 is 0 Å². The lowest BCUT2D eigenvalue weighted by Gasteiger charge is -2.08. The van der Waals surface area contributed by atoms with Crippen LogP contribution in [0.4, 0.5) is 5.69 Å². The van der Waals surface area contributed by atoms with Gasteiger partial charge < -0.3 is 10.1 Å². The lowest BCUT2D eigenvalue weighted by atomic mass is 10.1. The van der Waals surface area contributed by atoms with Crippen molar-refractivity contribution in [1.29, 1.82) is 0 Å². The molecule has 31 heavy (non-hydrogen) atoms. The van der Waals surface area contributed by atoms with Crippen molar-refractivity contribution in [2.75, 3.05) is 11.9 Å². The van der Waals surface area contributed by atoms with Crippen LogP contribution in [0.5, 0.6) is 0 Å². The summed E-state index contributed by atoms with van der Waals surface area (Å²) < 4.78 is 5.15. The van der Waals surface area contributed by atoms with Crippen LogP contribution in [-0.2, 0) is 4.74 Å². The van der Waals surface area contributed by atoms with E-state index in [4.69, 9.17) is 4.74 Å². The Balaban J connectivity index is 1.39. The maximum atomic E-state index is 12.5. The van der Waals surface area contributed by atoms with Crippen molar-refractivity contribution in [1.82, 2.24) is 4.98 Å². The number of amides is 1. The molecule has 0 saturated heterocycles. The molecule has 6 heteroatoms. The van der Waals surface area contributed by atoms with Crippen LogP contribution in [0.3, 0.4) is 0 Å². The highest BCUT2D eigenvalue weighted by Crippen LogP contribution is 2.15. The lowest BCUT2D eigenvalue weighted by Crippen LogP contribution is -2.16. The van der Waals surface area contributed by atoms with Crippen LogP contribution in [0.2, 0.25) is 0 Å². The molecule has 0 aliphatic heterocycles. The first-order valence-corrected chi connectivity index (χ1v) is 9.63. The van der Waals surface area contributed by atoms with E-state index in [1.54, 1.807) is 66.7 Å². The SMILES string of the molecule is O=C(COC(=O)c1ccc2ccccc2n1)c1cccc(NC(=O)c2ccccc2)c1. The molecule has 0 aliphatic rings. The minimum absolute atomic E-state index is 0.135. The average Bonchev–Trinajstić information content (AvgIpc) is 2.82. The van der Waals surface area contributed by atoms with E-state index in [0.29, 0.717) is 22.3 Å². The number of pyridine rings is 1. The number of benzene rings is 3. The summed E-state index contributed by atoms with van der Waals surface area (Å²) in [4.78, 5) is 41.3. The zero-order valence-corrected chi connectivity index (χ0v) is 16.4. The predicted octanol–water partition coefficient (Wildman–Crippen LogP) is 4.53. The Bertz CT molecular complexity index is 1270. The smallest absolute Gasteiger partial charge is 0.357 e. The molecule has 152 valence electrons. The maximum absolute atomic E-state index is 12.5. The predicted molar refractivity (Wildman–Crippen MR) is 117 cm³/mol. The molecule has 1 N–H and O–H groups in total. The topological polar surface area (TPSA) is 85.4 Å². The third-order valence-corrected chi connectivity index (χ3v) is 4.62. The van der Waals surface area contributed by atoms with Gasteiger partial charge >= 0.3 is 5.97 Å².